The molecule has 2 aliphatic heterocycles. The summed E-state index contributed by atoms with van der Waals surface area (Å²) >= 11 is 0. The molecule has 2 aromatic carbocycles. The zero-order chi connectivity index (χ0) is 23.6. The Morgan fingerprint density at radius 3 is 1.91 bits per heavy atom. The number of piperazine rings is 1. The summed E-state index contributed by atoms with van der Waals surface area (Å²) in [4.78, 5) is 31.5. The van der Waals surface area contributed by atoms with Gasteiger partial charge in [-0.3, -0.25) is 14.5 Å². The molecule has 0 N–H and O–H groups in total. The molecule has 6 heteroatoms. The van der Waals surface area contributed by atoms with Gasteiger partial charge in [0.15, 0.2) is 0 Å². The van der Waals surface area contributed by atoms with E-state index in [1.165, 1.54) is 5.56 Å². The Morgan fingerprint density at radius 2 is 1.29 bits per heavy atom. The molecule has 182 valence electrons. The summed E-state index contributed by atoms with van der Waals surface area (Å²) in [6.07, 6.45) is 3.83. The van der Waals surface area contributed by atoms with Crippen LogP contribution in [0.5, 0.6) is 5.75 Å². The molecule has 6 nitrogen and oxygen atoms in total. The number of carbonyl (C=O) groups is 2. The van der Waals surface area contributed by atoms with Crippen molar-refractivity contribution < 1.29 is 14.3 Å². The molecule has 2 fully saturated rings. The van der Waals surface area contributed by atoms with Gasteiger partial charge in [0.05, 0.1) is 0 Å². The van der Waals surface area contributed by atoms with Crippen LogP contribution < -0.4 is 4.74 Å². The van der Waals surface area contributed by atoms with Gasteiger partial charge in [0.2, 0.25) is 11.8 Å². The number of likely N-dealkylation sites (tertiary alicyclic amines) is 1. The molecule has 0 spiro atoms. The van der Waals surface area contributed by atoms with Crippen LogP contribution in [0, 0.1) is 5.92 Å². The maximum Gasteiger partial charge on any atom is 0.223 e. The normalized spacial score (nSPS) is 17.5. The van der Waals surface area contributed by atoms with E-state index in [0.29, 0.717) is 25.4 Å². The van der Waals surface area contributed by atoms with Crippen LogP contribution in [-0.2, 0) is 16.0 Å². The zero-order valence-corrected chi connectivity index (χ0v) is 20.1. The molecule has 2 heterocycles. The van der Waals surface area contributed by atoms with Crippen molar-refractivity contribution in [1.82, 2.24) is 14.7 Å². The van der Waals surface area contributed by atoms with Crippen molar-refractivity contribution in [2.75, 3.05) is 52.4 Å². The Hall–Kier alpha value is -2.86. The predicted molar refractivity (Wildman–Crippen MR) is 134 cm³/mol. The molecule has 4 rings (SSSR count). The van der Waals surface area contributed by atoms with Crippen LogP contribution >= 0.6 is 0 Å². The summed E-state index contributed by atoms with van der Waals surface area (Å²) < 4.78 is 5.78. The number of amides is 2. The van der Waals surface area contributed by atoms with Gasteiger partial charge in [-0.25, -0.2) is 0 Å². The predicted octanol–water partition coefficient (Wildman–Crippen LogP) is 3.47. The monoisotopic (exact) mass is 463 g/mol. The number of benzene rings is 2. The third-order valence-electron chi connectivity index (χ3n) is 7.03. The number of carbonyl (C=O) groups excluding carboxylic acids is 2. The Bertz CT molecular complexity index is 890. The van der Waals surface area contributed by atoms with E-state index in [-0.39, 0.29) is 11.8 Å². The smallest absolute Gasteiger partial charge is 0.223 e. The van der Waals surface area contributed by atoms with Crippen molar-refractivity contribution in [1.29, 1.82) is 0 Å². The van der Waals surface area contributed by atoms with Crippen LogP contribution in [-0.4, -0.2) is 78.9 Å². The fraction of sp³-hybridized carbons (Fsp3) is 0.500. The number of hydrogen-bond donors (Lipinski definition) is 0. The Morgan fingerprint density at radius 1 is 0.735 bits per heavy atom. The lowest BCUT2D eigenvalue weighted by Crippen LogP contribution is -2.49. The SMILES string of the molecule is O=C(CCC(=O)N1CCN(CCOc2ccccc2)CC1)N1CCC(Cc2ccccc2)CC1. The first-order chi connectivity index (χ1) is 16.7. The van der Waals surface area contributed by atoms with Crippen LogP contribution in [0.2, 0.25) is 0 Å². The maximum absolute atomic E-state index is 12.7. The number of nitrogens with zero attached hydrogens (tertiary/aromatic N) is 3. The highest BCUT2D eigenvalue weighted by atomic mass is 16.5. The molecule has 0 atom stereocenters. The van der Waals surface area contributed by atoms with Gasteiger partial charge in [-0.15, -0.1) is 0 Å². The van der Waals surface area contributed by atoms with Gasteiger partial charge in [-0.2, -0.15) is 0 Å². The van der Waals surface area contributed by atoms with Gasteiger partial charge in [-0.05, 0) is 42.9 Å². The lowest BCUT2D eigenvalue weighted by atomic mass is 9.90. The molecule has 0 aromatic heterocycles. The lowest BCUT2D eigenvalue weighted by Gasteiger charge is -2.35. The molecule has 2 saturated heterocycles. The largest absolute Gasteiger partial charge is 0.492 e. The van der Waals surface area contributed by atoms with Gasteiger partial charge in [0, 0.05) is 58.7 Å². The number of ether oxygens (including phenoxy) is 1. The van der Waals surface area contributed by atoms with E-state index in [4.69, 9.17) is 4.74 Å². The molecule has 2 amide bonds. The quantitative estimate of drug-likeness (QED) is 0.572. The molecular formula is C28H37N3O3. The zero-order valence-electron chi connectivity index (χ0n) is 20.1. The first-order valence-corrected chi connectivity index (χ1v) is 12.7. The van der Waals surface area contributed by atoms with Gasteiger partial charge < -0.3 is 14.5 Å². The van der Waals surface area contributed by atoms with Crippen molar-refractivity contribution in [2.45, 2.75) is 32.1 Å². The summed E-state index contributed by atoms with van der Waals surface area (Å²) in [7, 11) is 0. The standard InChI is InChI=1S/C28H37N3O3/c32-27(30-15-13-25(14-16-30)23-24-7-3-1-4-8-24)11-12-28(33)31-19-17-29(18-20-31)21-22-34-26-9-5-2-6-10-26/h1-10,25H,11-23H2. The highest BCUT2D eigenvalue weighted by Gasteiger charge is 2.25. The average molecular weight is 464 g/mol. The summed E-state index contributed by atoms with van der Waals surface area (Å²) in [6.45, 7) is 6.29. The van der Waals surface area contributed by atoms with Gasteiger partial charge in [-0.1, -0.05) is 48.5 Å². The highest BCUT2D eigenvalue weighted by Crippen LogP contribution is 2.22. The molecule has 0 unspecified atom stereocenters. The molecule has 0 bridgehead atoms. The lowest BCUT2D eigenvalue weighted by molar-refractivity contribution is -0.138. The Kier molecular flexibility index (Phi) is 8.97. The van der Waals surface area contributed by atoms with Gasteiger partial charge in [0.1, 0.15) is 12.4 Å². The number of para-hydroxylation sites is 1. The van der Waals surface area contributed by atoms with Crippen LogP contribution in [0.25, 0.3) is 0 Å². The molecule has 2 aliphatic rings. The second kappa shape index (κ2) is 12.6. The van der Waals surface area contributed by atoms with Gasteiger partial charge >= 0.3 is 0 Å². The minimum atomic E-state index is 0.104. The van der Waals surface area contributed by atoms with E-state index in [1.54, 1.807) is 0 Å². The number of hydrogen-bond acceptors (Lipinski definition) is 4. The number of rotatable bonds is 9. The van der Waals surface area contributed by atoms with Crippen molar-refractivity contribution in [3.63, 3.8) is 0 Å². The van der Waals surface area contributed by atoms with E-state index >= 15 is 0 Å². The first-order valence-electron chi connectivity index (χ1n) is 12.7. The molecule has 0 aliphatic carbocycles. The van der Waals surface area contributed by atoms with E-state index in [2.05, 4.69) is 29.2 Å². The third kappa shape index (κ3) is 7.32. The minimum Gasteiger partial charge on any atom is -0.492 e. The van der Waals surface area contributed by atoms with E-state index in [1.807, 2.05) is 46.2 Å². The molecule has 34 heavy (non-hydrogen) atoms. The Labute approximate surface area is 203 Å². The molecule has 0 saturated carbocycles. The first kappa shape index (κ1) is 24.3. The Balaban J connectivity index is 1.09. The molecular weight excluding hydrogens is 426 g/mol. The van der Waals surface area contributed by atoms with Crippen LogP contribution in [0.15, 0.2) is 60.7 Å². The molecule has 2 aromatic rings. The second-order valence-electron chi connectivity index (χ2n) is 9.40. The summed E-state index contributed by atoms with van der Waals surface area (Å²) in [5, 5.41) is 0. The maximum atomic E-state index is 12.7. The second-order valence-corrected chi connectivity index (χ2v) is 9.40. The van der Waals surface area contributed by atoms with Crippen LogP contribution in [0.3, 0.4) is 0 Å². The third-order valence-corrected chi connectivity index (χ3v) is 7.03. The van der Waals surface area contributed by atoms with E-state index < -0.39 is 0 Å². The topological polar surface area (TPSA) is 53.1 Å². The highest BCUT2D eigenvalue weighted by molar-refractivity contribution is 5.84. The fourth-order valence-electron chi connectivity index (χ4n) is 4.89. The summed E-state index contributed by atoms with van der Waals surface area (Å²) in [5.41, 5.74) is 1.38. The van der Waals surface area contributed by atoms with Crippen LogP contribution in [0.1, 0.15) is 31.2 Å². The summed E-state index contributed by atoms with van der Waals surface area (Å²) in [6, 6.07) is 20.4. The number of piperidine rings is 1. The summed E-state index contributed by atoms with van der Waals surface area (Å²) in [5.74, 6) is 1.76. The minimum absolute atomic E-state index is 0.104. The van der Waals surface area contributed by atoms with E-state index in [9.17, 15) is 9.59 Å². The average Bonchev–Trinajstić information content (AvgIpc) is 2.89. The van der Waals surface area contributed by atoms with Crippen molar-refractivity contribution >= 4 is 11.8 Å². The van der Waals surface area contributed by atoms with E-state index in [0.717, 1.165) is 70.8 Å². The van der Waals surface area contributed by atoms with Gasteiger partial charge in [0.25, 0.3) is 0 Å². The van der Waals surface area contributed by atoms with Crippen molar-refractivity contribution in [3.05, 3.63) is 66.2 Å². The van der Waals surface area contributed by atoms with Crippen LogP contribution in [0.4, 0.5) is 0 Å². The van der Waals surface area contributed by atoms with Crippen molar-refractivity contribution in [3.8, 4) is 5.75 Å². The van der Waals surface area contributed by atoms with Crippen molar-refractivity contribution in [2.24, 2.45) is 5.92 Å². The fourth-order valence-corrected chi connectivity index (χ4v) is 4.89. The molecule has 0 radical (unpaired) electrons.